The van der Waals surface area contributed by atoms with E-state index in [1.54, 1.807) is 19.1 Å². The largest absolute Gasteiger partial charge is 0.466 e. The van der Waals surface area contributed by atoms with Gasteiger partial charge in [0.2, 0.25) is 0 Å². The highest BCUT2D eigenvalue weighted by Crippen LogP contribution is 2.34. The average Bonchev–Trinajstić information content (AvgIpc) is 2.86. The molecule has 3 aromatic rings. The molecular weight excluding hydrogens is 447 g/mol. The van der Waals surface area contributed by atoms with Gasteiger partial charge < -0.3 is 14.3 Å². The molecule has 0 saturated heterocycles. The Morgan fingerprint density at radius 3 is 1.94 bits per heavy atom. The van der Waals surface area contributed by atoms with Gasteiger partial charge in [0.25, 0.3) is 0 Å². The van der Waals surface area contributed by atoms with Crippen LogP contribution in [0.25, 0.3) is 0 Å². The quantitative estimate of drug-likeness (QED) is 0.236. The van der Waals surface area contributed by atoms with Gasteiger partial charge in [-0.05, 0) is 43.2 Å². The van der Waals surface area contributed by atoms with Crippen molar-refractivity contribution in [2.45, 2.75) is 32.8 Å². The summed E-state index contributed by atoms with van der Waals surface area (Å²) in [7, 11) is -1.03. The highest BCUT2D eigenvalue weighted by molar-refractivity contribution is 7.80. The van der Waals surface area contributed by atoms with E-state index in [2.05, 4.69) is 24.3 Å². The molecule has 34 heavy (non-hydrogen) atoms. The van der Waals surface area contributed by atoms with Gasteiger partial charge in [-0.2, -0.15) is 0 Å². The number of ether oxygens (including phenoxy) is 2. The molecule has 0 bridgehead atoms. The second-order valence-electron chi connectivity index (χ2n) is 7.68. The number of rotatable bonds is 11. The standard InChI is InChI=1S/C28H29O5P/c1-3-21(20-29)25(19-27(30)32-4-2)33-28(31)24-17-11-12-18-26(24)34(22-13-7-5-8-14-22)23-15-9-6-10-16-23/h5-18,20-21,25H,3-4,19H2,1-2H3/t21-,25+/m0/s1. The molecule has 3 rings (SSSR count). The lowest BCUT2D eigenvalue weighted by molar-refractivity contribution is -0.146. The molecule has 0 aliphatic heterocycles. The van der Waals surface area contributed by atoms with Crippen LogP contribution in [0, 0.1) is 5.92 Å². The van der Waals surface area contributed by atoms with Gasteiger partial charge in [-0.1, -0.05) is 85.8 Å². The van der Waals surface area contributed by atoms with Gasteiger partial charge in [0.05, 0.1) is 24.5 Å². The van der Waals surface area contributed by atoms with E-state index in [1.165, 1.54) is 0 Å². The van der Waals surface area contributed by atoms with E-state index in [0.717, 1.165) is 22.2 Å². The van der Waals surface area contributed by atoms with Crippen LogP contribution in [0.1, 0.15) is 37.0 Å². The molecule has 5 nitrogen and oxygen atoms in total. The second-order valence-corrected chi connectivity index (χ2v) is 9.87. The number of carbonyl (C=O) groups is 3. The fourth-order valence-corrected chi connectivity index (χ4v) is 6.17. The topological polar surface area (TPSA) is 69.7 Å². The molecule has 0 aliphatic rings. The van der Waals surface area contributed by atoms with E-state index < -0.39 is 31.9 Å². The lowest BCUT2D eigenvalue weighted by Gasteiger charge is -2.24. The molecule has 0 radical (unpaired) electrons. The number of benzene rings is 3. The third-order valence-electron chi connectivity index (χ3n) is 5.45. The van der Waals surface area contributed by atoms with Crippen LogP contribution in [0.4, 0.5) is 0 Å². The van der Waals surface area contributed by atoms with Crippen LogP contribution in [0.2, 0.25) is 0 Å². The predicted octanol–water partition coefficient (Wildman–Crippen LogP) is 4.15. The molecule has 0 amide bonds. The van der Waals surface area contributed by atoms with Crippen molar-refractivity contribution >= 4 is 42.1 Å². The van der Waals surface area contributed by atoms with Gasteiger partial charge in [-0.3, -0.25) is 4.79 Å². The van der Waals surface area contributed by atoms with E-state index >= 15 is 0 Å². The fourth-order valence-electron chi connectivity index (χ4n) is 3.73. The summed E-state index contributed by atoms with van der Waals surface area (Å²) in [6.45, 7) is 3.75. The van der Waals surface area contributed by atoms with Crippen LogP contribution in [0.5, 0.6) is 0 Å². The monoisotopic (exact) mass is 476 g/mol. The third kappa shape index (κ3) is 6.39. The molecule has 0 saturated carbocycles. The zero-order valence-electron chi connectivity index (χ0n) is 19.4. The zero-order valence-corrected chi connectivity index (χ0v) is 20.3. The lowest BCUT2D eigenvalue weighted by Crippen LogP contribution is -2.33. The van der Waals surface area contributed by atoms with Crippen molar-refractivity contribution in [2.75, 3.05) is 6.61 Å². The van der Waals surface area contributed by atoms with Crippen molar-refractivity contribution in [2.24, 2.45) is 5.92 Å². The maximum atomic E-state index is 13.4. The average molecular weight is 477 g/mol. The predicted molar refractivity (Wildman–Crippen MR) is 135 cm³/mol. The van der Waals surface area contributed by atoms with Gasteiger partial charge in [0.15, 0.2) is 0 Å². The first-order valence-corrected chi connectivity index (χ1v) is 12.7. The summed E-state index contributed by atoms with van der Waals surface area (Å²) in [5.41, 5.74) is 0.427. The van der Waals surface area contributed by atoms with Crippen LogP contribution >= 0.6 is 7.92 Å². The van der Waals surface area contributed by atoms with Crippen LogP contribution in [0.15, 0.2) is 84.9 Å². The van der Waals surface area contributed by atoms with Crippen molar-refractivity contribution in [1.29, 1.82) is 0 Å². The summed E-state index contributed by atoms with van der Waals surface area (Å²) in [6, 6.07) is 27.5. The number of aldehydes is 1. The first kappa shape index (κ1) is 25.3. The Labute approximate surface area is 201 Å². The maximum Gasteiger partial charge on any atom is 0.339 e. The van der Waals surface area contributed by atoms with Crippen LogP contribution in [-0.4, -0.2) is 30.9 Å². The molecule has 0 N–H and O–H groups in total. The summed E-state index contributed by atoms with van der Waals surface area (Å²) in [6.07, 6.45) is 0.139. The minimum absolute atomic E-state index is 0.162. The minimum Gasteiger partial charge on any atom is -0.466 e. The van der Waals surface area contributed by atoms with Crippen molar-refractivity contribution < 1.29 is 23.9 Å². The highest BCUT2D eigenvalue weighted by atomic mass is 31.1. The Hall–Kier alpha value is -3.30. The number of esters is 2. The number of carbonyl (C=O) groups excluding carboxylic acids is 3. The SMILES string of the molecule is CCOC(=O)C[C@@H](OC(=O)c1ccccc1P(c1ccccc1)c1ccccc1)[C@H](C=O)CC. The van der Waals surface area contributed by atoms with Crippen molar-refractivity contribution in [3.8, 4) is 0 Å². The Bertz CT molecular complexity index is 1040. The van der Waals surface area contributed by atoms with Crippen LogP contribution in [0.3, 0.4) is 0 Å². The van der Waals surface area contributed by atoms with Crippen molar-refractivity contribution in [1.82, 2.24) is 0 Å². The second kappa shape index (κ2) is 12.8. The zero-order chi connectivity index (χ0) is 24.3. The van der Waals surface area contributed by atoms with Gasteiger partial charge in [-0.25, -0.2) is 4.79 Å². The molecular formula is C28H29O5P. The van der Waals surface area contributed by atoms with E-state index in [1.807, 2.05) is 55.5 Å². The maximum absolute atomic E-state index is 13.4. The summed E-state index contributed by atoms with van der Waals surface area (Å²) in [5, 5.41) is 3.06. The van der Waals surface area contributed by atoms with Crippen LogP contribution < -0.4 is 15.9 Å². The molecule has 0 aliphatic carbocycles. The molecule has 0 unspecified atom stereocenters. The fraction of sp³-hybridized carbons (Fsp3) is 0.250. The molecule has 0 fully saturated rings. The Morgan fingerprint density at radius 2 is 1.41 bits per heavy atom. The molecule has 6 heteroatoms. The van der Waals surface area contributed by atoms with Gasteiger partial charge in [-0.15, -0.1) is 0 Å². The van der Waals surface area contributed by atoms with Crippen LogP contribution in [-0.2, 0) is 19.1 Å². The van der Waals surface area contributed by atoms with Crippen molar-refractivity contribution in [3.05, 3.63) is 90.5 Å². The van der Waals surface area contributed by atoms with E-state index in [0.29, 0.717) is 12.0 Å². The normalized spacial score (nSPS) is 12.6. The highest BCUT2D eigenvalue weighted by Gasteiger charge is 2.30. The summed E-state index contributed by atoms with van der Waals surface area (Å²) < 4.78 is 10.8. The smallest absolute Gasteiger partial charge is 0.339 e. The summed E-state index contributed by atoms with van der Waals surface area (Å²) in [5.74, 6) is -1.64. The minimum atomic E-state index is -1.03. The van der Waals surface area contributed by atoms with Gasteiger partial charge in [0, 0.05) is 0 Å². The van der Waals surface area contributed by atoms with E-state index in [9.17, 15) is 14.4 Å². The molecule has 0 spiro atoms. The third-order valence-corrected chi connectivity index (χ3v) is 7.95. The Balaban J connectivity index is 2.00. The molecule has 2 atom stereocenters. The lowest BCUT2D eigenvalue weighted by atomic mass is 9.98. The van der Waals surface area contributed by atoms with Gasteiger partial charge in [0.1, 0.15) is 12.4 Å². The number of hydrogen-bond acceptors (Lipinski definition) is 5. The summed E-state index contributed by atoms with van der Waals surface area (Å²) in [4.78, 5) is 37.2. The molecule has 3 aromatic carbocycles. The first-order chi connectivity index (χ1) is 16.6. The Kier molecular flexibility index (Phi) is 9.54. The van der Waals surface area contributed by atoms with E-state index in [-0.39, 0.29) is 13.0 Å². The van der Waals surface area contributed by atoms with E-state index in [4.69, 9.17) is 9.47 Å². The van der Waals surface area contributed by atoms with Gasteiger partial charge >= 0.3 is 11.9 Å². The Morgan fingerprint density at radius 1 is 0.853 bits per heavy atom. The molecule has 176 valence electrons. The number of hydrogen-bond donors (Lipinski definition) is 0. The molecule has 0 heterocycles. The van der Waals surface area contributed by atoms with Crippen molar-refractivity contribution in [3.63, 3.8) is 0 Å². The summed E-state index contributed by atoms with van der Waals surface area (Å²) >= 11 is 0. The first-order valence-electron chi connectivity index (χ1n) is 11.4. The molecule has 0 aromatic heterocycles.